The number of thioether (sulfide) groups is 2. The van der Waals surface area contributed by atoms with Crippen LogP contribution in [0.3, 0.4) is 0 Å². The van der Waals surface area contributed by atoms with Crippen molar-refractivity contribution < 1.29 is 9.84 Å². The molecular weight excluding hydrogens is 276 g/mol. The summed E-state index contributed by atoms with van der Waals surface area (Å²) in [6.45, 7) is 0. The Balaban J connectivity index is 1.97. The molecule has 1 saturated carbocycles. The molecule has 1 N–H and O–H groups in total. The second kappa shape index (κ2) is 6.73. The zero-order valence-electron chi connectivity index (χ0n) is 11.5. The Hall–Kier alpha value is -0.580. The van der Waals surface area contributed by atoms with Gasteiger partial charge in [0.1, 0.15) is 5.75 Å². The maximum absolute atomic E-state index is 10.2. The van der Waals surface area contributed by atoms with E-state index < -0.39 is 0 Å². The van der Waals surface area contributed by atoms with Crippen molar-refractivity contribution in [1.29, 1.82) is 0 Å². The molecule has 0 bridgehead atoms. The Labute approximate surface area is 123 Å². The van der Waals surface area contributed by atoms with E-state index in [-0.39, 0.29) is 6.10 Å². The normalized spacial score (nSPS) is 22.7. The fraction of sp³-hybridized carbons (Fsp3) is 0.467. The zero-order valence-corrected chi connectivity index (χ0v) is 13.1. The largest absolute Gasteiger partial charge is 0.497 e. The molecule has 0 amide bonds. The summed E-state index contributed by atoms with van der Waals surface area (Å²) in [4.78, 5) is 0. The summed E-state index contributed by atoms with van der Waals surface area (Å²) in [7, 11) is 1.68. The number of rotatable bonds is 6. The number of methoxy groups -OCH3 is 1. The predicted octanol–water partition coefficient (Wildman–Crippen LogP) is 3.73. The molecule has 0 heterocycles. The molecule has 19 heavy (non-hydrogen) atoms. The van der Waals surface area contributed by atoms with Crippen molar-refractivity contribution in [2.75, 3.05) is 19.6 Å². The molecule has 0 aromatic heterocycles. The molecule has 0 spiro atoms. The Bertz CT molecular complexity index is 436. The summed E-state index contributed by atoms with van der Waals surface area (Å²) in [6.07, 6.45) is 6.82. The maximum atomic E-state index is 10.2. The van der Waals surface area contributed by atoms with Gasteiger partial charge in [0.05, 0.1) is 13.2 Å². The van der Waals surface area contributed by atoms with Gasteiger partial charge in [-0.25, -0.2) is 0 Å². The number of aliphatic hydroxyl groups excluding tert-OH is 1. The molecule has 4 heteroatoms. The second-order valence-corrected chi connectivity index (χ2v) is 6.62. The van der Waals surface area contributed by atoms with Crippen LogP contribution in [0.25, 0.3) is 0 Å². The third-order valence-electron chi connectivity index (χ3n) is 3.53. The first-order valence-electron chi connectivity index (χ1n) is 6.31. The van der Waals surface area contributed by atoms with Gasteiger partial charge in [-0.2, -0.15) is 0 Å². The summed E-state index contributed by atoms with van der Waals surface area (Å²) in [5, 5.41) is 10.2. The van der Waals surface area contributed by atoms with Gasteiger partial charge in [-0.3, -0.25) is 0 Å². The SMILES string of the molecule is COc1ccc(C2CC2C(O)C=C(SC)SC)cc1. The number of benzene rings is 1. The van der Waals surface area contributed by atoms with E-state index >= 15 is 0 Å². The molecule has 0 aliphatic heterocycles. The van der Waals surface area contributed by atoms with Gasteiger partial charge in [0.2, 0.25) is 0 Å². The van der Waals surface area contributed by atoms with Gasteiger partial charge in [-0.05, 0) is 54.5 Å². The lowest BCUT2D eigenvalue weighted by Crippen LogP contribution is -2.07. The highest BCUT2D eigenvalue weighted by atomic mass is 32.2. The Morgan fingerprint density at radius 2 is 1.95 bits per heavy atom. The van der Waals surface area contributed by atoms with Crippen molar-refractivity contribution in [1.82, 2.24) is 0 Å². The van der Waals surface area contributed by atoms with Crippen LogP contribution in [0.15, 0.2) is 34.6 Å². The highest BCUT2D eigenvalue weighted by Gasteiger charge is 2.42. The summed E-state index contributed by atoms with van der Waals surface area (Å²) < 4.78 is 6.35. The van der Waals surface area contributed by atoms with Gasteiger partial charge in [-0.15, -0.1) is 23.5 Å². The monoisotopic (exact) mass is 296 g/mol. The smallest absolute Gasteiger partial charge is 0.118 e. The van der Waals surface area contributed by atoms with Gasteiger partial charge in [0, 0.05) is 4.24 Å². The zero-order chi connectivity index (χ0) is 13.8. The number of ether oxygens (including phenoxy) is 1. The third kappa shape index (κ3) is 3.71. The van der Waals surface area contributed by atoms with Crippen LogP contribution < -0.4 is 4.74 Å². The summed E-state index contributed by atoms with van der Waals surface area (Å²) in [5.74, 6) is 1.73. The van der Waals surface area contributed by atoms with Crippen LogP contribution in [0.5, 0.6) is 5.75 Å². The summed E-state index contributed by atoms with van der Waals surface area (Å²) in [5.41, 5.74) is 1.30. The standard InChI is InChI=1S/C15H20O2S2/c1-17-11-6-4-10(5-7-11)12-8-13(12)14(16)9-15(18-2)19-3/h4-7,9,12-14,16H,8H2,1-3H3. The van der Waals surface area contributed by atoms with Crippen LogP contribution in [0.2, 0.25) is 0 Å². The van der Waals surface area contributed by atoms with E-state index in [0.717, 1.165) is 12.2 Å². The van der Waals surface area contributed by atoms with E-state index in [2.05, 4.69) is 12.1 Å². The molecule has 1 aromatic rings. The number of hydrogen-bond donors (Lipinski definition) is 1. The molecule has 1 aliphatic rings. The molecule has 3 atom stereocenters. The first kappa shape index (κ1) is 14.8. The van der Waals surface area contributed by atoms with Gasteiger partial charge >= 0.3 is 0 Å². The Morgan fingerprint density at radius 1 is 1.32 bits per heavy atom. The average molecular weight is 296 g/mol. The number of hydrogen-bond acceptors (Lipinski definition) is 4. The molecule has 0 saturated heterocycles. The lowest BCUT2D eigenvalue weighted by molar-refractivity contribution is 0.197. The molecule has 104 valence electrons. The minimum atomic E-state index is -0.331. The quantitative estimate of drug-likeness (QED) is 0.866. The molecule has 1 aromatic carbocycles. The maximum Gasteiger partial charge on any atom is 0.118 e. The fourth-order valence-electron chi connectivity index (χ4n) is 2.31. The minimum absolute atomic E-state index is 0.331. The van der Waals surface area contributed by atoms with Crippen LogP contribution in [0.1, 0.15) is 17.9 Å². The molecular formula is C15H20O2S2. The molecule has 2 rings (SSSR count). The minimum Gasteiger partial charge on any atom is -0.497 e. The van der Waals surface area contributed by atoms with Crippen molar-refractivity contribution in [3.63, 3.8) is 0 Å². The molecule has 3 unspecified atom stereocenters. The summed E-state index contributed by atoms with van der Waals surface area (Å²) in [6, 6.07) is 8.18. The van der Waals surface area contributed by atoms with Gasteiger partial charge < -0.3 is 9.84 Å². The Kier molecular flexibility index (Phi) is 5.25. The van der Waals surface area contributed by atoms with Crippen molar-refractivity contribution in [3.05, 3.63) is 40.1 Å². The van der Waals surface area contributed by atoms with Crippen LogP contribution in [0, 0.1) is 5.92 Å². The lowest BCUT2D eigenvalue weighted by Gasteiger charge is -2.08. The molecule has 0 radical (unpaired) electrons. The second-order valence-electron chi connectivity index (χ2n) is 4.66. The third-order valence-corrected chi connectivity index (χ3v) is 5.61. The fourth-order valence-corrected chi connectivity index (χ4v) is 3.53. The van der Waals surface area contributed by atoms with Crippen molar-refractivity contribution in [2.45, 2.75) is 18.4 Å². The van der Waals surface area contributed by atoms with Crippen molar-refractivity contribution in [3.8, 4) is 5.75 Å². The van der Waals surface area contributed by atoms with Crippen LogP contribution >= 0.6 is 23.5 Å². The van der Waals surface area contributed by atoms with E-state index in [0.29, 0.717) is 11.8 Å². The lowest BCUT2D eigenvalue weighted by atomic mass is 10.1. The van der Waals surface area contributed by atoms with Crippen molar-refractivity contribution >= 4 is 23.5 Å². The van der Waals surface area contributed by atoms with Crippen molar-refractivity contribution in [2.24, 2.45) is 5.92 Å². The van der Waals surface area contributed by atoms with Gasteiger partial charge in [0.25, 0.3) is 0 Å². The average Bonchev–Trinajstić information content (AvgIpc) is 3.25. The van der Waals surface area contributed by atoms with Gasteiger partial charge in [-0.1, -0.05) is 12.1 Å². The first-order chi connectivity index (χ1) is 9.19. The molecule has 1 fully saturated rings. The first-order valence-corrected chi connectivity index (χ1v) is 8.76. The van der Waals surface area contributed by atoms with E-state index in [1.807, 2.05) is 30.7 Å². The van der Waals surface area contributed by atoms with Gasteiger partial charge in [0.15, 0.2) is 0 Å². The van der Waals surface area contributed by atoms with E-state index in [1.54, 1.807) is 30.6 Å². The Morgan fingerprint density at radius 3 is 2.47 bits per heavy atom. The van der Waals surface area contributed by atoms with E-state index in [1.165, 1.54) is 9.80 Å². The summed E-state index contributed by atoms with van der Waals surface area (Å²) >= 11 is 3.39. The highest BCUT2D eigenvalue weighted by Crippen LogP contribution is 2.50. The van der Waals surface area contributed by atoms with E-state index in [4.69, 9.17) is 4.74 Å². The van der Waals surface area contributed by atoms with Crippen LogP contribution in [-0.2, 0) is 0 Å². The molecule has 2 nitrogen and oxygen atoms in total. The molecule has 1 aliphatic carbocycles. The van der Waals surface area contributed by atoms with E-state index in [9.17, 15) is 5.11 Å². The van der Waals surface area contributed by atoms with Crippen LogP contribution in [0.4, 0.5) is 0 Å². The highest BCUT2D eigenvalue weighted by molar-refractivity contribution is 8.21. The number of aliphatic hydroxyl groups is 1. The van der Waals surface area contributed by atoms with Crippen LogP contribution in [-0.4, -0.2) is 30.8 Å². The predicted molar refractivity (Wildman–Crippen MR) is 85.0 cm³/mol. The topological polar surface area (TPSA) is 29.5 Å².